The average molecular weight is 271 g/mol. The maximum atomic E-state index is 11.2. The van der Waals surface area contributed by atoms with Gasteiger partial charge in [-0.2, -0.15) is 0 Å². The third kappa shape index (κ3) is 4.31. The normalized spacial score (nSPS) is 14.0. The van der Waals surface area contributed by atoms with Crippen LogP contribution in [0.2, 0.25) is 0 Å². The van der Waals surface area contributed by atoms with Crippen molar-refractivity contribution >= 4 is 10.8 Å². The molecule has 0 radical (unpaired) electrons. The Morgan fingerprint density at radius 3 is 2.50 bits per heavy atom. The minimum absolute atomic E-state index is 0.158. The molecule has 1 N–H and O–H groups in total. The standard InChI is InChI=1S/C13H21NO3S/c1-10(18(4)15)8-14-9-11-5-6-12(16-2)13(7-11)17-3/h5-7,10,14H,8-9H2,1-4H3. The van der Waals surface area contributed by atoms with Gasteiger partial charge in [0.15, 0.2) is 11.5 Å². The Labute approximate surface area is 111 Å². The lowest BCUT2D eigenvalue weighted by molar-refractivity contribution is 0.354. The minimum atomic E-state index is -0.786. The van der Waals surface area contributed by atoms with Crippen molar-refractivity contribution in [2.24, 2.45) is 0 Å². The van der Waals surface area contributed by atoms with E-state index in [0.717, 1.165) is 30.2 Å². The fourth-order valence-corrected chi connectivity index (χ4v) is 1.88. The zero-order valence-corrected chi connectivity index (χ0v) is 12.2. The summed E-state index contributed by atoms with van der Waals surface area (Å²) in [6.07, 6.45) is 1.72. The van der Waals surface area contributed by atoms with Crippen molar-refractivity contribution < 1.29 is 13.7 Å². The van der Waals surface area contributed by atoms with Gasteiger partial charge in [0.25, 0.3) is 0 Å². The second kappa shape index (κ2) is 7.38. The van der Waals surface area contributed by atoms with Crippen molar-refractivity contribution in [3.05, 3.63) is 23.8 Å². The molecule has 18 heavy (non-hydrogen) atoms. The lowest BCUT2D eigenvalue weighted by Crippen LogP contribution is -2.27. The molecule has 0 aromatic heterocycles. The Morgan fingerprint density at radius 2 is 1.94 bits per heavy atom. The van der Waals surface area contributed by atoms with E-state index >= 15 is 0 Å². The average Bonchev–Trinajstić information content (AvgIpc) is 2.38. The fraction of sp³-hybridized carbons (Fsp3) is 0.538. The Bertz CT molecular complexity index is 409. The largest absolute Gasteiger partial charge is 0.493 e. The smallest absolute Gasteiger partial charge is 0.161 e. The van der Waals surface area contributed by atoms with Crippen LogP contribution in [-0.2, 0) is 17.3 Å². The quantitative estimate of drug-likeness (QED) is 0.817. The SMILES string of the molecule is COc1ccc(CNCC(C)S(C)=O)cc1OC. The van der Waals surface area contributed by atoms with Crippen LogP contribution in [0.15, 0.2) is 18.2 Å². The van der Waals surface area contributed by atoms with Gasteiger partial charge in [-0.15, -0.1) is 0 Å². The van der Waals surface area contributed by atoms with Crippen molar-refractivity contribution in [2.45, 2.75) is 18.7 Å². The highest BCUT2D eigenvalue weighted by Crippen LogP contribution is 2.27. The second-order valence-electron chi connectivity index (χ2n) is 4.13. The Kier molecular flexibility index (Phi) is 6.15. The molecule has 102 valence electrons. The van der Waals surface area contributed by atoms with E-state index < -0.39 is 10.8 Å². The zero-order valence-electron chi connectivity index (χ0n) is 11.4. The molecule has 0 aliphatic heterocycles. The first-order chi connectivity index (χ1) is 8.58. The van der Waals surface area contributed by atoms with Gasteiger partial charge in [0.2, 0.25) is 0 Å². The summed E-state index contributed by atoms with van der Waals surface area (Å²) in [4.78, 5) is 0. The molecule has 1 rings (SSSR count). The van der Waals surface area contributed by atoms with Gasteiger partial charge in [-0.1, -0.05) is 6.07 Å². The Hall–Kier alpha value is -1.07. The van der Waals surface area contributed by atoms with Crippen LogP contribution in [0, 0.1) is 0 Å². The van der Waals surface area contributed by atoms with Gasteiger partial charge in [0.05, 0.1) is 14.2 Å². The number of methoxy groups -OCH3 is 2. The first-order valence-electron chi connectivity index (χ1n) is 5.82. The molecule has 1 aromatic carbocycles. The van der Waals surface area contributed by atoms with Gasteiger partial charge in [-0.05, 0) is 24.6 Å². The van der Waals surface area contributed by atoms with Gasteiger partial charge < -0.3 is 14.8 Å². The summed E-state index contributed by atoms with van der Waals surface area (Å²) in [6, 6.07) is 5.82. The van der Waals surface area contributed by atoms with Crippen molar-refractivity contribution in [3.63, 3.8) is 0 Å². The molecule has 0 amide bonds. The van der Waals surface area contributed by atoms with Gasteiger partial charge >= 0.3 is 0 Å². The van der Waals surface area contributed by atoms with E-state index in [1.165, 1.54) is 0 Å². The first kappa shape index (κ1) is 15.0. The van der Waals surface area contributed by atoms with Gasteiger partial charge in [-0.3, -0.25) is 4.21 Å². The van der Waals surface area contributed by atoms with Crippen LogP contribution < -0.4 is 14.8 Å². The van der Waals surface area contributed by atoms with Crippen LogP contribution in [0.5, 0.6) is 11.5 Å². The van der Waals surface area contributed by atoms with E-state index in [0.29, 0.717) is 0 Å². The van der Waals surface area contributed by atoms with Crippen LogP contribution in [0.1, 0.15) is 12.5 Å². The molecule has 2 unspecified atom stereocenters. The third-order valence-corrected chi connectivity index (χ3v) is 4.08. The van der Waals surface area contributed by atoms with E-state index in [1.54, 1.807) is 20.5 Å². The molecule has 0 aliphatic rings. The van der Waals surface area contributed by atoms with Crippen LogP contribution in [0.3, 0.4) is 0 Å². The summed E-state index contributed by atoms with van der Waals surface area (Å²) in [5, 5.41) is 3.44. The minimum Gasteiger partial charge on any atom is -0.493 e. The maximum Gasteiger partial charge on any atom is 0.161 e. The van der Waals surface area contributed by atoms with Crippen molar-refractivity contribution in [1.82, 2.24) is 5.32 Å². The molecule has 0 saturated carbocycles. The number of hydrogen-bond acceptors (Lipinski definition) is 4. The van der Waals surface area contributed by atoms with E-state index in [2.05, 4.69) is 5.32 Å². The molecular weight excluding hydrogens is 250 g/mol. The van der Waals surface area contributed by atoms with E-state index in [1.807, 2.05) is 25.1 Å². The monoisotopic (exact) mass is 271 g/mol. The zero-order chi connectivity index (χ0) is 13.5. The summed E-state index contributed by atoms with van der Waals surface area (Å²) in [5.74, 6) is 1.45. The number of benzene rings is 1. The number of ether oxygens (including phenoxy) is 2. The molecular formula is C13H21NO3S. The van der Waals surface area contributed by atoms with E-state index in [-0.39, 0.29) is 5.25 Å². The molecule has 0 fully saturated rings. The summed E-state index contributed by atoms with van der Waals surface area (Å²) in [5.41, 5.74) is 1.11. The van der Waals surface area contributed by atoms with Gasteiger partial charge in [-0.25, -0.2) is 0 Å². The molecule has 5 heteroatoms. The molecule has 0 heterocycles. The number of rotatable bonds is 7. The van der Waals surface area contributed by atoms with Crippen LogP contribution in [-0.4, -0.2) is 36.5 Å². The van der Waals surface area contributed by atoms with Crippen molar-refractivity contribution in [1.29, 1.82) is 0 Å². The highest BCUT2D eigenvalue weighted by molar-refractivity contribution is 7.84. The highest BCUT2D eigenvalue weighted by Gasteiger charge is 2.07. The molecule has 2 atom stereocenters. The predicted molar refractivity (Wildman–Crippen MR) is 74.8 cm³/mol. The van der Waals surface area contributed by atoms with Crippen molar-refractivity contribution in [2.75, 3.05) is 27.0 Å². The van der Waals surface area contributed by atoms with E-state index in [9.17, 15) is 4.21 Å². The van der Waals surface area contributed by atoms with Crippen LogP contribution in [0.25, 0.3) is 0 Å². The third-order valence-electron chi connectivity index (χ3n) is 2.78. The Balaban J connectivity index is 2.55. The predicted octanol–water partition coefficient (Wildman–Crippen LogP) is 1.56. The molecule has 0 saturated heterocycles. The summed E-state index contributed by atoms with van der Waals surface area (Å²) >= 11 is 0. The second-order valence-corrected chi connectivity index (χ2v) is 5.93. The maximum absolute atomic E-state index is 11.2. The molecule has 4 nitrogen and oxygen atoms in total. The fourth-order valence-electron chi connectivity index (χ4n) is 1.53. The number of hydrogen-bond donors (Lipinski definition) is 1. The first-order valence-corrected chi connectivity index (χ1v) is 7.44. The van der Waals surface area contributed by atoms with Crippen molar-refractivity contribution in [3.8, 4) is 11.5 Å². The van der Waals surface area contributed by atoms with E-state index in [4.69, 9.17) is 9.47 Å². The van der Waals surface area contributed by atoms with Gasteiger partial charge in [0.1, 0.15) is 0 Å². The van der Waals surface area contributed by atoms with Crippen LogP contribution >= 0.6 is 0 Å². The highest BCUT2D eigenvalue weighted by atomic mass is 32.2. The number of nitrogens with one attached hydrogen (secondary N) is 1. The molecule has 0 bridgehead atoms. The molecule has 0 spiro atoms. The van der Waals surface area contributed by atoms with Gasteiger partial charge in [0, 0.05) is 35.4 Å². The lowest BCUT2D eigenvalue weighted by atomic mass is 10.2. The van der Waals surface area contributed by atoms with Crippen LogP contribution in [0.4, 0.5) is 0 Å². The summed E-state index contributed by atoms with van der Waals surface area (Å²) in [7, 11) is 2.45. The topological polar surface area (TPSA) is 47.6 Å². The summed E-state index contributed by atoms with van der Waals surface area (Å²) in [6.45, 7) is 3.43. The Morgan fingerprint density at radius 1 is 1.28 bits per heavy atom. The summed E-state index contributed by atoms with van der Waals surface area (Å²) < 4.78 is 21.6. The molecule has 0 aliphatic carbocycles. The lowest BCUT2D eigenvalue weighted by Gasteiger charge is -2.12. The molecule has 1 aromatic rings.